The van der Waals surface area contributed by atoms with E-state index in [4.69, 9.17) is 10.4 Å². The molecule has 1 N–H and O–H groups in total. The summed E-state index contributed by atoms with van der Waals surface area (Å²) < 4.78 is 2.08. The number of hydrogen-bond donors (Lipinski definition) is 1. The molecule has 0 saturated heterocycles. The Morgan fingerprint density at radius 2 is 2.04 bits per heavy atom. The Hall–Kier alpha value is -3.17. The molecule has 0 unspecified atom stereocenters. The lowest BCUT2D eigenvalue weighted by Gasteiger charge is -2.06. The predicted molar refractivity (Wildman–Crippen MR) is 96.8 cm³/mol. The minimum absolute atomic E-state index is 0.238. The van der Waals surface area contributed by atoms with Crippen LogP contribution in [0.3, 0.4) is 0 Å². The van der Waals surface area contributed by atoms with Gasteiger partial charge in [-0.25, -0.2) is 9.79 Å². The van der Waals surface area contributed by atoms with E-state index < -0.39 is 5.97 Å². The zero-order valence-corrected chi connectivity index (χ0v) is 14.3. The Bertz CT molecular complexity index is 1020. The van der Waals surface area contributed by atoms with Crippen LogP contribution >= 0.6 is 11.3 Å². The van der Waals surface area contributed by atoms with Gasteiger partial charge in [0.15, 0.2) is 4.80 Å². The van der Waals surface area contributed by atoms with Crippen LogP contribution in [0.2, 0.25) is 0 Å². The van der Waals surface area contributed by atoms with Crippen molar-refractivity contribution >= 4 is 23.0 Å². The molecule has 0 saturated carbocycles. The molecular formula is C19H15N3O2S. The van der Waals surface area contributed by atoms with Crippen LogP contribution in [0.5, 0.6) is 0 Å². The molecule has 0 atom stereocenters. The summed E-state index contributed by atoms with van der Waals surface area (Å²) in [5, 5.41) is 20.1. The largest absolute Gasteiger partial charge is 0.478 e. The lowest BCUT2D eigenvalue weighted by Crippen LogP contribution is -2.14. The molecule has 0 radical (unpaired) electrons. The summed E-state index contributed by atoms with van der Waals surface area (Å²) >= 11 is 1.51. The first-order chi connectivity index (χ1) is 12.1. The number of aromatic carboxylic acids is 1. The first kappa shape index (κ1) is 16.7. The van der Waals surface area contributed by atoms with Crippen molar-refractivity contribution in [2.45, 2.75) is 13.5 Å². The lowest BCUT2D eigenvalue weighted by molar-refractivity contribution is 0.0697. The van der Waals surface area contributed by atoms with E-state index in [0.717, 1.165) is 22.6 Å². The fourth-order valence-corrected chi connectivity index (χ4v) is 3.49. The zero-order chi connectivity index (χ0) is 17.8. The number of aromatic nitrogens is 1. The lowest BCUT2D eigenvalue weighted by atomic mass is 10.1. The highest BCUT2D eigenvalue weighted by Gasteiger charge is 2.08. The van der Waals surface area contributed by atoms with Crippen LogP contribution in [-0.4, -0.2) is 15.6 Å². The van der Waals surface area contributed by atoms with Crippen LogP contribution in [0.4, 0.5) is 5.69 Å². The summed E-state index contributed by atoms with van der Waals surface area (Å²) in [7, 11) is 0. The highest BCUT2D eigenvalue weighted by Crippen LogP contribution is 2.22. The van der Waals surface area contributed by atoms with Gasteiger partial charge < -0.3 is 9.67 Å². The molecule has 3 rings (SSSR count). The van der Waals surface area contributed by atoms with E-state index in [2.05, 4.69) is 15.6 Å². The molecule has 0 spiro atoms. The van der Waals surface area contributed by atoms with Crippen molar-refractivity contribution in [2.24, 2.45) is 4.99 Å². The second-order valence-electron chi connectivity index (χ2n) is 5.30. The Morgan fingerprint density at radius 3 is 2.68 bits per heavy atom. The SMILES string of the molecule is CCn1c(-c2cccc(C#N)c2)csc1=Nc1ccc(C(=O)O)cc1. The van der Waals surface area contributed by atoms with Gasteiger partial charge in [0.05, 0.1) is 28.6 Å². The second-order valence-corrected chi connectivity index (χ2v) is 6.14. The number of benzene rings is 2. The monoisotopic (exact) mass is 349 g/mol. The van der Waals surface area contributed by atoms with Crippen molar-refractivity contribution in [3.05, 3.63) is 69.8 Å². The van der Waals surface area contributed by atoms with Gasteiger partial charge >= 0.3 is 5.97 Å². The maximum Gasteiger partial charge on any atom is 0.335 e. The molecule has 0 aliphatic carbocycles. The maximum atomic E-state index is 10.9. The number of nitrogens with zero attached hydrogens (tertiary/aromatic N) is 3. The van der Waals surface area contributed by atoms with Gasteiger partial charge in [0.1, 0.15) is 0 Å². The topological polar surface area (TPSA) is 78.4 Å². The fourth-order valence-electron chi connectivity index (χ4n) is 2.49. The van der Waals surface area contributed by atoms with Crippen molar-refractivity contribution in [1.29, 1.82) is 5.26 Å². The molecule has 0 aliphatic heterocycles. The van der Waals surface area contributed by atoms with E-state index in [1.165, 1.54) is 11.3 Å². The van der Waals surface area contributed by atoms with Gasteiger partial charge in [0, 0.05) is 17.5 Å². The van der Waals surface area contributed by atoms with E-state index >= 15 is 0 Å². The van der Waals surface area contributed by atoms with Gasteiger partial charge in [0.2, 0.25) is 0 Å². The van der Waals surface area contributed by atoms with Crippen LogP contribution in [-0.2, 0) is 6.54 Å². The zero-order valence-electron chi connectivity index (χ0n) is 13.5. The third-order valence-corrected chi connectivity index (χ3v) is 4.60. The number of carboxylic acids is 1. The molecule has 2 aromatic carbocycles. The first-order valence-corrected chi connectivity index (χ1v) is 8.57. The van der Waals surface area contributed by atoms with Crippen LogP contribution in [0.25, 0.3) is 11.3 Å². The summed E-state index contributed by atoms with van der Waals surface area (Å²) in [6.45, 7) is 2.78. The molecule has 5 nitrogen and oxygen atoms in total. The van der Waals surface area contributed by atoms with Crippen molar-refractivity contribution in [3.8, 4) is 17.3 Å². The first-order valence-electron chi connectivity index (χ1n) is 7.69. The quantitative estimate of drug-likeness (QED) is 0.772. The number of thiazole rings is 1. The third-order valence-electron chi connectivity index (χ3n) is 3.74. The summed E-state index contributed by atoms with van der Waals surface area (Å²) in [6.07, 6.45) is 0. The van der Waals surface area contributed by atoms with E-state index in [9.17, 15) is 4.79 Å². The molecule has 3 aromatic rings. The number of rotatable bonds is 4. The van der Waals surface area contributed by atoms with E-state index in [-0.39, 0.29) is 5.56 Å². The predicted octanol–water partition coefficient (Wildman–Crippen LogP) is 4.04. The van der Waals surface area contributed by atoms with Gasteiger partial charge in [-0.05, 0) is 43.3 Å². The van der Waals surface area contributed by atoms with Gasteiger partial charge in [-0.1, -0.05) is 12.1 Å². The summed E-state index contributed by atoms with van der Waals surface area (Å²) in [4.78, 5) is 16.4. The molecule has 124 valence electrons. The number of hydrogen-bond acceptors (Lipinski definition) is 4. The highest BCUT2D eigenvalue weighted by atomic mass is 32.1. The van der Waals surface area contributed by atoms with Crippen LogP contribution in [0.1, 0.15) is 22.8 Å². The molecule has 6 heteroatoms. The minimum Gasteiger partial charge on any atom is -0.478 e. The van der Waals surface area contributed by atoms with E-state index in [1.54, 1.807) is 30.3 Å². The Kier molecular flexibility index (Phi) is 4.78. The number of carboxylic acid groups (broad SMARTS) is 1. The number of nitriles is 1. The van der Waals surface area contributed by atoms with Gasteiger partial charge in [-0.3, -0.25) is 0 Å². The Balaban J connectivity index is 2.05. The molecule has 0 bridgehead atoms. The van der Waals surface area contributed by atoms with Crippen molar-refractivity contribution in [1.82, 2.24) is 4.57 Å². The van der Waals surface area contributed by atoms with Gasteiger partial charge in [0.25, 0.3) is 0 Å². The molecule has 0 amide bonds. The average molecular weight is 349 g/mol. The molecule has 25 heavy (non-hydrogen) atoms. The van der Waals surface area contributed by atoms with E-state index in [1.807, 2.05) is 30.5 Å². The summed E-state index contributed by atoms with van der Waals surface area (Å²) in [5.74, 6) is -0.953. The van der Waals surface area contributed by atoms with Crippen molar-refractivity contribution in [2.75, 3.05) is 0 Å². The minimum atomic E-state index is -0.953. The van der Waals surface area contributed by atoms with Crippen LogP contribution < -0.4 is 4.80 Å². The smallest absolute Gasteiger partial charge is 0.335 e. The van der Waals surface area contributed by atoms with Gasteiger partial charge in [-0.2, -0.15) is 5.26 Å². The highest BCUT2D eigenvalue weighted by molar-refractivity contribution is 7.07. The molecule has 1 aromatic heterocycles. The Labute approximate surface area is 148 Å². The van der Waals surface area contributed by atoms with Crippen molar-refractivity contribution < 1.29 is 9.90 Å². The summed E-state index contributed by atoms with van der Waals surface area (Å²) in [6, 6.07) is 16.1. The van der Waals surface area contributed by atoms with Crippen molar-refractivity contribution in [3.63, 3.8) is 0 Å². The average Bonchev–Trinajstić information content (AvgIpc) is 3.04. The van der Waals surface area contributed by atoms with Gasteiger partial charge in [-0.15, -0.1) is 11.3 Å². The third kappa shape index (κ3) is 3.52. The molecule has 1 heterocycles. The van der Waals surface area contributed by atoms with Crippen LogP contribution in [0, 0.1) is 11.3 Å². The van der Waals surface area contributed by atoms with Crippen LogP contribution in [0.15, 0.2) is 58.9 Å². The molecule has 0 fully saturated rings. The Morgan fingerprint density at radius 1 is 1.28 bits per heavy atom. The maximum absolute atomic E-state index is 10.9. The second kappa shape index (κ2) is 7.16. The fraction of sp³-hybridized carbons (Fsp3) is 0.105. The van der Waals surface area contributed by atoms with E-state index in [0.29, 0.717) is 11.3 Å². The summed E-state index contributed by atoms with van der Waals surface area (Å²) in [5.41, 5.74) is 3.54. The normalized spacial score (nSPS) is 11.3. The standard InChI is InChI=1S/C19H15N3O2S/c1-2-22-17(15-5-3-4-13(10-15)11-20)12-25-19(22)21-16-8-6-14(7-9-16)18(23)24/h3-10,12H,2H2,1H3,(H,23,24). The molecular weight excluding hydrogens is 334 g/mol. The molecule has 0 aliphatic rings. The number of carbonyl (C=O) groups is 1.